The third-order valence-corrected chi connectivity index (χ3v) is 4.58. The Morgan fingerprint density at radius 1 is 1.39 bits per heavy atom. The average Bonchev–Trinajstić information content (AvgIpc) is 2.35. The predicted octanol–water partition coefficient (Wildman–Crippen LogP) is 4.77. The fourth-order valence-electron chi connectivity index (χ4n) is 1.75. The molecule has 1 rings (SSSR count). The van der Waals surface area contributed by atoms with Crippen molar-refractivity contribution in [3.8, 4) is 0 Å². The van der Waals surface area contributed by atoms with Crippen LogP contribution in [0.25, 0.3) is 0 Å². The lowest BCUT2D eigenvalue weighted by molar-refractivity contribution is 0.550. The summed E-state index contributed by atoms with van der Waals surface area (Å²) in [6, 6.07) is 6.66. The molecule has 0 aliphatic heterocycles. The molecule has 0 bridgehead atoms. The Labute approximate surface area is 128 Å². The van der Waals surface area contributed by atoms with Crippen LogP contribution in [0.4, 0.5) is 0 Å². The van der Waals surface area contributed by atoms with E-state index >= 15 is 0 Å². The van der Waals surface area contributed by atoms with E-state index in [2.05, 4.69) is 47.2 Å². The summed E-state index contributed by atoms with van der Waals surface area (Å²) in [6.07, 6.45) is 2.17. The van der Waals surface area contributed by atoms with Gasteiger partial charge in [0.25, 0.3) is 0 Å². The molecule has 0 saturated carbocycles. The van der Waals surface area contributed by atoms with Crippen molar-refractivity contribution in [2.75, 3.05) is 18.1 Å². The van der Waals surface area contributed by atoms with E-state index in [4.69, 9.17) is 11.6 Å². The summed E-state index contributed by atoms with van der Waals surface area (Å²) in [6.45, 7) is 5.47. The van der Waals surface area contributed by atoms with E-state index in [0.717, 1.165) is 28.2 Å². The maximum absolute atomic E-state index is 6.28. The van der Waals surface area contributed by atoms with E-state index < -0.39 is 0 Å². The normalized spacial score (nSPS) is 12.7. The third kappa shape index (κ3) is 5.96. The first-order valence-electron chi connectivity index (χ1n) is 6.42. The summed E-state index contributed by atoms with van der Waals surface area (Å²) >= 11 is 11.7. The van der Waals surface area contributed by atoms with Gasteiger partial charge in [0.15, 0.2) is 0 Å². The molecule has 102 valence electrons. The number of rotatable bonds is 8. The van der Waals surface area contributed by atoms with Crippen LogP contribution in [0.1, 0.15) is 25.8 Å². The number of thioether (sulfide) groups is 1. The summed E-state index contributed by atoms with van der Waals surface area (Å²) in [5.74, 6) is 2.31. The van der Waals surface area contributed by atoms with Crippen molar-refractivity contribution in [2.45, 2.75) is 32.7 Å². The minimum absolute atomic E-state index is 0.508. The van der Waals surface area contributed by atoms with Crippen LogP contribution < -0.4 is 5.32 Å². The molecule has 1 N–H and O–H groups in total. The molecule has 4 heteroatoms. The zero-order valence-electron chi connectivity index (χ0n) is 11.0. The highest BCUT2D eigenvalue weighted by molar-refractivity contribution is 9.10. The predicted molar refractivity (Wildman–Crippen MR) is 87.9 cm³/mol. The summed E-state index contributed by atoms with van der Waals surface area (Å²) in [7, 11) is 0. The highest BCUT2D eigenvalue weighted by Crippen LogP contribution is 2.23. The van der Waals surface area contributed by atoms with E-state index in [9.17, 15) is 0 Å². The molecule has 1 nitrogen and oxygen atoms in total. The van der Waals surface area contributed by atoms with Gasteiger partial charge in [0, 0.05) is 21.3 Å². The van der Waals surface area contributed by atoms with Gasteiger partial charge in [-0.25, -0.2) is 0 Å². The molecule has 0 aliphatic carbocycles. The molecule has 0 spiro atoms. The Kier molecular flexibility index (Phi) is 8.40. The van der Waals surface area contributed by atoms with Crippen LogP contribution in [-0.2, 0) is 6.42 Å². The van der Waals surface area contributed by atoms with E-state index in [0.29, 0.717) is 6.04 Å². The Hall–Kier alpha value is 0.300. The first kappa shape index (κ1) is 16.4. The first-order chi connectivity index (χ1) is 8.67. The van der Waals surface area contributed by atoms with Crippen LogP contribution >= 0.6 is 39.3 Å². The van der Waals surface area contributed by atoms with Crippen LogP contribution in [0.15, 0.2) is 22.7 Å². The van der Waals surface area contributed by atoms with Crippen LogP contribution in [0.3, 0.4) is 0 Å². The van der Waals surface area contributed by atoms with Crippen LogP contribution in [0.2, 0.25) is 5.02 Å². The molecule has 1 atom stereocenters. The molecule has 0 amide bonds. The Balaban J connectivity index is 2.62. The fourth-order valence-corrected chi connectivity index (χ4v) is 3.26. The van der Waals surface area contributed by atoms with Crippen molar-refractivity contribution in [1.29, 1.82) is 0 Å². The number of hydrogen-bond donors (Lipinski definition) is 1. The molecule has 0 aliphatic rings. The van der Waals surface area contributed by atoms with Gasteiger partial charge in [0.1, 0.15) is 0 Å². The molecule has 0 heterocycles. The molecule has 0 aromatic heterocycles. The van der Waals surface area contributed by atoms with Crippen molar-refractivity contribution in [3.63, 3.8) is 0 Å². The van der Waals surface area contributed by atoms with E-state index in [-0.39, 0.29) is 0 Å². The summed E-state index contributed by atoms with van der Waals surface area (Å²) in [5, 5.41) is 4.46. The summed E-state index contributed by atoms with van der Waals surface area (Å²) in [5.41, 5.74) is 1.23. The lowest BCUT2D eigenvalue weighted by Crippen LogP contribution is -2.34. The second-order valence-corrected chi connectivity index (χ2v) is 6.89. The number of benzene rings is 1. The molecular formula is C14H21BrClNS. The van der Waals surface area contributed by atoms with Crippen molar-refractivity contribution in [3.05, 3.63) is 33.3 Å². The van der Waals surface area contributed by atoms with Gasteiger partial charge in [-0.15, -0.1) is 0 Å². The van der Waals surface area contributed by atoms with Gasteiger partial charge in [-0.05, 0) is 42.8 Å². The SMILES string of the molecule is CCCNC(CSCC)Cc1ccc(Br)cc1Cl. The zero-order chi connectivity index (χ0) is 13.4. The van der Waals surface area contributed by atoms with Gasteiger partial charge < -0.3 is 5.32 Å². The topological polar surface area (TPSA) is 12.0 Å². The van der Waals surface area contributed by atoms with Crippen molar-refractivity contribution in [2.24, 2.45) is 0 Å². The molecular weight excluding hydrogens is 330 g/mol. The minimum atomic E-state index is 0.508. The summed E-state index contributed by atoms with van der Waals surface area (Å²) < 4.78 is 1.04. The second-order valence-electron chi connectivity index (χ2n) is 4.25. The van der Waals surface area contributed by atoms with Gasteiger partial charge >= 0.3 is 0 Å². The van der Waals surface area contributed by atoms with Gasteiger partial charge in [-0.2, -0.15) is 11.8 Å². The summed E-state index contributed by atoms with van der Waals surface area (Å²) in [4.78, 5) is 0. The maximum atomic E-state index is 6.28. The minimum Gasteiger partial charge on any atom is -0.313 e. The Morgan fingerprint density at radius 2 is 2.17 bits per heavy atom. The monoisotopic (exact) mass is 349 g/mol. The molecule has 1 aromatic carbocycles. The van der Waals surface area contributed by atoms with Crippen LogP contribution in [0.5, 0.6) is 0 Å². The van der Waals surface area contributed by atoms with Crippen LogP contribution in [0, 0.1) is 0 Å². The second kappa shape index (κ2) is 9.24. The largest absolute Gasteiger partial charge is 0.313 e. The fraction of sp³-hybridized carbons (Fsp3) is 0.571. The molecule has 0 saturated heterocycles. The Morgan fingerprint density at radius 3 is 2.78 bits per heavy atom. The smallest absolute Gasteiger partial charge is 0.0449 e. The lowest BCUT2D eigenvalue weighted by Gasteiger charge is -2.18. The van der Waals surface area contributed by atoms with Crippen molar-refractivity contribution in [1.82, 2.24) is 5.32 Å². The lowest BCUT2D eigenvalue weighted by atomic mass is 10.1. The number of halogens is 2. The average molecular weight is 351 g/mol. The molecule has 18 heavy (non-hydrogen) atoms. The third-order valence-electron chi connectivity index (χ3n) is 2.69. The van der Waals surface area contributed by atoms with Crippen molar-refractivity contribution >= 4 is 39.3 Å². The first-order valence-corrected chi connectivity index (χ1v) is 8.75. The Bertz CT molecular complexity index is 352. The van der Waals surface area contributed by atoms with E-state index in [1.165, 1.54) is 17.7 Å². The molecule has 0 fully saturated rings. The van der Waals surface area contributed by atoms with Gasteiger partial charge in [-0.1, -0.05) is 47.4 Å². The van der Waals surface area contributed by atoms with Gasteiger partial charge in [-0.3, -0.25) is 0 Å². The molecule has 1 unspecified atom stereocenters. The van der Waals surface area contributed by atoms with Crippen LogP contribution in [-0.4, -0.2) is 24.1 Å². The quantitative estimate of drug-likeness (QED) is 0.725. The highest BCUT2D eigenvalue weighted by atomic mass is 79.9. The standard InChI is InChI=1S/C14H21BrClNS/c1-3-7-17-13(10-18-4-2)8-11-5-6-12(15)9-14(11)16/h5-6,9,13,17H,3-4,7-8,10H2,1-2H3. The molecule has 0 radical (unpaired) electrons. The van der Waals surface area contributed by atoms with Gasteiger partial charge in [0.2, 0.25) is 0 Å². The number of hydrogen-bond acceptors (Lipinski definition) is 2. The van der Waals surface area contributed by atoms with Crippen molar-refractivity contribution < 1.29 is 0 Å². The van der Waals surface area contributed by atoms with E-state index in [1.807, 2.05) is 17.8 Å². The number of nitrogens with one attached hydrogen (secondary N) is 1. The van der Waals surface area contributed by atoms with E-state index in [1.54, 1.807) is 0 Å². The van der Waals surface area contributed by atoms with Gasteiger partial charge in [0.05, 0.1) is 0 Å². The zero-order valence-corrected chi connectivity index (χ0v) is 14.2. The highest BCUT2D eigenvalue weighted by Gasteiger charge is 2.11. The maximum Gasteiger partial charge on any atom is 0.0449 e. The molecule has 1 aromatic rings.